The van der Waals surface area contributed by atoms with E-state index in [2.05, 4.69) is 26.0 Å². The highest BCUT2D eigenvalue weighted by Gasteiger charge is 2.11. The molecule has 0 aliphatic carbocycles. The number of hydrogen-bond donors (Lipinski definition) is 0. The molecule has 3 heterocycles. The highest BCUT2D eigenvalue weighted by Crippen LogP contribution is 2.28. The van der Waals surface area contributed by atoms with E-state index in [1.807, 2.05) is 42.5 Å². The van der Waals surface area contributed by atoms with Gasteiger partial charge in [0, 0.05) is 35.7 Å². The van der Waals surface area contributed by atoms with Crippen LogP contribution in [0.4, 0.5) is 0 Å². The minimum absolute atomic E-state index is 0.784. The van der Waals surface area contributed by atoms with Gasteiger partial charge in [-0.3, -0.25) is 19.9 Å². The summed E-state index contributed by atoms with van der Waals surface area (Å²) in [5.74, 6) is 0. The zero-order valence-electron chi connectivity index (χ0n) is 11.7. The lowest BCUT2D eigenvalue weighted by Crippen LogP contribution is -1.94. The lowest BCUT2D eigenvalue weighted by molar-refractivity contribution is 1.18. The van der Waals surface area contributed by atoms with Crippen molar-refractivity contribution in [3.63, 3.8) is 0 Å². The van der Waals surface area contributed by atoms with Crippen LogP contribution in [0.2, 0.25) is 0 Å². The van der Waals surface area contributed by atoms with Crippen molar-refractivity contribution in [2.24, 2.45) is 0 Å². The van der Waals surface area contributed by atoms with E-state index >= 15 is 0 Å². The molecule has 0 atom stereocenters. The Hall–Kier alpha value is -3.14. The van der Waals surface area contributed by atoms with Gasteiger partial charge in [-0.1, -0.05) is 18.2 Å². The minimum Gasteiger partial charge on any atom is -0.256 e. The molecule has 0 radical (unpaired) electrons. The van der Waals surface area contributed by atoms with Gasteiger partial charge in [0.1, 0.15) is 5.69 Å². The van der Waals surface area contributed by atoms with E-state index in [0.29, 0.717) is 0 Å². The van der Waals surface area contributed by atoms with Crippen molar-refractivity contribution in [2.75, 3.05) is 0 Å². The number of aromatic nitrogens is 4. The van der Waals surface area contributed by atoms with E-state index in [-0.39, 0.29) is 0 Å². The molecule has 0 fully saturated rings. The Morgan fingerprint density at radius 2 is 1.45 bits per heavy atom. The van der Waals surface area contributed by atoms with E-state index in [9.17, 15) is 0 Å². The Morgan fingerprint density at radius 1 is 0.591 bits per heavy atom. The van der Waals surface area contributed by atoms with Crippen molar-refractivity contribution >= 4 is 10.9 Å². The van der Waals surface area contributed by atoms with Crippen LogP contribution in [0, 0.1) is 0 Å². The molecule has 0 aliphatic rings. The molecule has 4 nitrogen and oxygen atoms in total. The molecule has 1 aromatic carbocycles. The second kappa shape index (κ2) is 5.33. The maximum atomic E-state index is 4.51. The first-order chi connectivity index (χ1) is 10.9. The quantitative estimate of drug-likeness (QED) is 0.562. The molecular formula is C18H12N4. The predicted molar refractivity (Wildman–Crippen MR) is 86.0 cm³/mol. The molecule has 22 heavy (non-hydrogen) atoms. The zero-order chi connectivity index (χ0) is 14.8. The second-order valence-electron chi connectivity index (χ2n) is 4.88. The van der Waals surface area contributed by atoms with Crippen LogP contribution in [-0.4, -0.2) is 19.9 Å². The lowest BCUT2D eigenvalue weighted by Gasteiger charge is -2.07. The monoisotopic (exact) mass is 284 g/mol. The number of fused-ring (bicyclic) bond motifs is 1. The summed E-state index contributed by atoms with van der Waals surface area (Å²) in [6, 6.07) is 15.9. The minimum atomic E-state index is 0.784. The summed E-state index contributed by atoms with van der Waals surface area (Å²) in [4.78, 5) is 17.7. The van der Waals surface area contributed by atoms with Crippen LogP contribution in [0.5, 0.6) is 0 Å². The Balaban J connectivity index is 1.92. The van der Waals surface area contributed by atoms with Crippen molar-refractivity contribution < 1.29 is 0 Å². The van der Waals surface area contributed by atoms with Gasteiger partial charge in [0.2, 0.25) is 0 Å². The molecule has 4 rings (SSSR count). The van der Waals surface area contributed by atoms with Gasteiger partial charge in [-0.05, 0) is 30.3 Å². The zero-order valence-corrected chi connectivity index (χ0v) is 11.7. The van der Waals surface area contributed by atoms with Crippen LogP contribution < -0.4 is 0 Å². The van der Waals surface area contributed by atoms with Gasteiger partial charge in [-0.2, -0.15) is 0 Å². The summed E-state index contributed by atoms with van der Waals surface area (Å²) in [5.41, 5.74) is 4.40. The van der Waals surface area contributed by atoms with Crippen molar-refractivity contribution in [1.82, 2.24) is 19.9 Å². The highest BCUT2D eigenvalue weighted by atomic mass is 14.8. The summed E-state index contributed by atoms with van der Waals surface area (Å²) in [5, 5.41) is 1.08. The van der Waals surface area contributed by atoms with Gasteiger partial charge < -0.3 is 0 Å². The fourth-order valence-corrected chi connectivity index (χ4v) is 2.46. The number of benzene rings is 1. The first-order valence-electron chi connectivity index (χ1n) is 6.99. The van der Waals surface area contributed by atoms with E-state index in [4.69, 9.17) is 0 Å². The van der Waals surface area contributed by atoms with Gasteiger partial charge in [-0.15, -0.1) is 0 Å². The second-order valence-corrected chi connectivity index (χ2v) is 4.88. The molecule has 0 unspecified atom stereocenters. The van der Waals surface area contributed by atoms with Crippen LogP contribution in [0.15, 0.2) is 73.3 Å². The van der Waals surface area contributed by atoms with Crippen molar-refractivity contribution in [3.8, 4) is 22.6 Å². The number of nitrogens with zero attached hydrogens (tertiary/aromatic N) is 4. The standard InChI is InChI=1S/C18H12N4/c1-2-8-20-16(5-1)18-17(21-10-11-22-18)14-6-7-15-13(12-14)4-3-9-19-15/h1-12H. The van der Waals surface area contributed by atoms with Crippen molar-refractivity contribution in [1.29, 1.82) is 0 Å². The molecule has 0 amide bonds. The molecule has 0 saturated carbocycles. The fourth-order valence-electron chi connectivity index (χ4n) is 2.46. The van der Waals surface area contributed by atoms with Gasteiger partial charge >= 0.3 is 0 Å². The molecule has 0 aliphatic heterocycles. The van der Waals surface area contributed by atoms with Crippen molar-refractivity contribution in [2.45, 2.75) is 0 Å². The van der Waals surface area contributed by atoms with Gasteiger partial charge in [0.15, 0.2) is 0 Å². The SMILES string of the molecule is c1ccc(-c2nccnc2-c2ccc3ncccc3c2)nc1. The number of pyridine rings is 2. The van der Waals surface area contributed by atoms with E-state index in [1.165, 1.54) is 0 Å². The third-order valence-electron chi connectivity index (χ3n) is 3.48. The summed E-state index contributed by atoms with van der Waals surface area (Å²) in [7, 11) is 0. The van der Waals surface area contributed by atoms with Gasteiger partial charge in [-0.25, -0.2) is 0 Å². The topological polar surface area (TPSA) is 51.6 Å². The average molecular weight is 284 g/mol. The third kappa shape index (κ3) is 2.20. The molecular weight excluding hydrogens is 272 g/mol. The van der Waals surface area contributed by atoms with Crippen LogP contribution in [-0.2, 0) is 0 Å². The normalized spacial score (nSPS) is 10.7. The average Bonchev–Trinajstić information content (AvgIpc) is 2.62. The van der Waals surface area contributed by atoms with Gasteiger partial charge in [0.05, 0.1) is 16.9 Å². The number of hydrogen-bond acceptors (Lipinski definition) is 4. The summed E-state index contributed by atoms with van der Waals surface area (Å²) >= 11 is 0. The van der Waals surface area contributed by atoms with Crippen LogP contribution in [0.3, 0.4) is 0 Å². The lowest BCUT2D eigenvalue weighted by atomic mass is 10.0. The Morgan fingerprint density at radius 3 is 2.32 bits per heavy atom. The Bertz CT molecular complexity index is 935. The fraction of sp³-hybridized carbons (Fsp3) is 0. The maximum absolute atomic E-state index is 4.51. The van der Waals surface area contributed by atoms with Crippen molar-refractivity contribution in [3.05, 3.63) is 73.3 Å². The van der Waals surface area contributed by atoms with Crippen LogP contribution in [0.1, 0.15) is 0 Å². The molecule has 0 bridgehead atoms. The predicted octanol–water partition coefficient (Wildman–Crippen LogP) is 3.75. The largest absolute Gasteiger partial charge is 0.256 e. The van der Waals surface area contributed by atoms with E-state index in [0.717, 1.165) is 33.5 Å². The maximum Gasteiger partial charge on any atom is 0.115 e. The van der Waals surface area contributed by atoms with Crippen LogP contribution >= 0.6 is 0 Å². The highest BCUT2D eigenvalue weighted by molar-refractivity contribution is 5.86. The van der Waals surface area contributed by atoms with E-state index in [1.54, 1.807) is 24.8 Å². The first-order valence-corrected chi connectivity index (χ1v) is 6.99. The summed E-state index contributed by atoms with van der Waals surface area (Å²) in [6.45, 7) is 0. The Kier molecular flexibility index (Phi) is 3.05. The van der Waals surface area contributed by atoms with E-state index < -0.39 is 0 Å². The summed E-state index contributed by atoms with van der Waals surface area (Å²) in [6.07, 6.45) is 6.95. The third-order valence-corrected chi connectivity index (χ3v) is 3.48. The Labute approximate surface area is 127 Å². The molecule has 0 saturated heterocycles. The molecule has 104 valence electrons. The van der Waals surface area contributed by atoms with Crippen LogP contribution in [0.25, 0.3) is 33.5 Å². The molecule has 0 spiro atoms. The molecule has 4 aromatic rings. The van der Waals surface area contributed by atoms with Gasteiger partial charge in [0.25, 0.3) is 0 Å². The number of rotatable bonds is 2. The molecule has 0 N–H and O–H groups in total. The smallest absolute Gasteiger partial charge is 0.115 e. The first kappa shape index (κ1) is 12.6. The molecule has 3 aromatic heterocycles. The summed E-state index contributed by atoms with van der Waals surface area (Å²) < 4.78 is 0. The molecule has 4 heteroatoms.